The molecule has 0 saturated carbocycles. The van der Waals surface area contributed by atoms with E-state index in [-0.39, 0.29) is 0 Å². The lowest BCUT2D eigenvalue weighted by atomic mass is 9.57. The van der Waals surface area contributed by atoms with Gasteiger partial charge in [-0.05, 0) is 86.5 Å². The molecule has 1 N–H and O–H groups in total. The number of rotatable bonds is 4. The molecule has 0 radical (unpaired) electrons. The van der Waals surface area contributed by atoms with E-state index in [1.807, 2.05) is 11.3 Å². The van der Waals surface area contributed by atoms with Crippen molar-refractivity contribution in [2.75, 3.05) is 4.90 Å². The van der Waals surface area contributed by atoms with Crippen LogP contribution >= 0.6 is 11.3 Å². The highest BCUT2D eigenvalue weighted by Crippen LogP contribution is 2.47. The Morgan fingerprint density at radius 3 is 1.93 bits per heavy atom. The Morgan fingerprint density at radius 2 is 1.12 bits per heavy atom. The molecule has 2 aromatic heterocycles. The summed E-state index contributed by atoms with van der Waals surface area (Å²) in [4.78, 5) is 6.47. The van der Waals surface area contributed by atoms with E-state index in [1.54, 1.807) is 0 Å². The average Bonchev–Trinajstić information content (AvgIpc) is 3.82. The third kappa shape index (κ3) is 4.83. The molecule has 260 valence electrons. The number of anilines is 3. The third-order valence-electron chi connectivity index (χ3n) is 11.8. The fraction of sp³-hybridized carbons (Fsp3) is 0. The molecule has 0 unspecified atom stereocenters. The van der Waals surface area contributed by atoms with Crippen LogP contribution in [-0.2, 0) is 0 Å². The van der Waals surface area contributed by atoms with Crippen molar-refractivity contribution in [2.24, 2.45) is 0 Å². The fourth-order valence-electron chi connectivity index (χ4n) is 9.16. The molecular formula is C52H33BN2S. The van der Waals surface area contributed by atoms with Gasteiger partial charge in [0.15, 0.2) is 7.28 Å². The van der Waals surface area contributed by atoms with Crippen LogP contribution in [0.4, 0.5) is 17.1 Å². The summed E-state index contributed by atoms with van der Waals surface area (Å²) in [6, 6.07) is 69.2. The van der Waals surface area contributed by atoms with Crippen LogP contribution in [0.2, 0.25) is 0 Å². The summed E-state index contributed by atoms with van der Waals surface area (Å²) < 4.78 is 2.65. The number of hydrogen-bond acceptors (Lipinski definition) is 2. The van der Waals surface area contributed by atoms with E-state index in [1.165, 1.54) is 108 Å². The topological polar surface area (TPSA) is 19.0 Å². The number of nitrogens with zero attached hydrogens (tertiary/aromatic N) is 1. The molecule has 0 spiro atoms. The summed E-state index contributed by atoms with van der Waals surface area (Å²) in [5.74, 6) is 0. The van der Waals surface area contributed by atoms with Crippen molar-refractivity contribution >= 4 is 99.4 Å². The van der Waals surface area contributed by atoms with Crippen LogP contribution < -0.4 is 15.8 Å². The number of H-pyrrole nitrogens is 1. The summed E-state index contributed by atoms with van der Waals surface area (Å²) >= 11 is 1.92. The van der Waals surface area contributed by atoms with Crippen LogP contribution in [0.5, 0.6) is 0 Å². The van der Waals surface area contributed by atoms with Crippen LogP contribution in [-0.4, -0.2) is 12.3 Å². The molecule has 11 aromatic rings. The van der Waals surface area contributed by atoms with Gasteiger partial charge in [-0.25, -0.2) is 0 Å². The molecular weight excluding hydrogens is 695 g/mol. The van der Waals surface area contributed by atoms with Crippen LogP contribution in [0.25, 0.3) is 86.1 Å². The van der Waals surface area contributed by atoms with Crippen molar-refractivity contribution in [3.63, 3.8) is 0 Å². The Kier molecular flexibility index (Phi) is 6.93. The van der Waals surface area contributed by atoms with E-state index in [4.69, 9.17) is 0 Å². The second-order valence-corrected chi connectivity index (χ2v) is 16.0. The summed E-state index contributed by atoms with van der Waals surface area (Å²) in [5, 5.41) is 7.62. The zero-order valence-corrected chi connectivity index (χ0v) is 31.3. The van der Waals surface area contributed by atoms with Gasteiger partial charge in [-0.1, -0.05) is 151 Å². The van der Waals surface area contributed by atoms with Crippen molar-refractivity contribution in [3.05, 3.63) is 188 Å². The minimum absolute atomic E-state index is 0.823. The first-order valence-electron chi connectivity index (χ1n) is 19.3. The number of aromatic nitrogens is 1. The highest BCUT2D eigenvalue weighted by molar-refractivity contribution is 7.26. The fourth-order valence-corrected chi connectivity index (χ4v) is 10.4. The van der Waals surface area contributed by atoms with E-state index in [0.29, 0.717) is 0 Å². The Balaban J connectivity index is 1.16. The number of hydrogen-bond donors (Lipinski definition) is 1. The van der Waals surface area contributed by atoms with Crippen molar-refractivity contribution in [1.29, 1.82) is 0 Å². The smallest absolute Gasteiger partial charge is 0.198 e. The van der Waals surface area contributed by atoms with Gasteiger partial charge < -0.3 is 9.88 Å². The first kappa shape index (κ1) is 31.5. The molecule has 2 nitrogen and oxygen atoms in total. The summed E-state index contributed by atoms with van der Waals surface area (Å²) in [7, 11) is 0.823. The maximum atomic E-state index is 3.95. The highest BCUT2D eigenvalue weighted by atomic mass is 32.1. The minimum atomic E-state index is 0.823. The Bertz CT molecular complexity index is 3330. The molecule has 0 fully saturated rings. The Hall–Kier alpha value is -6.88. The molecule has 0 bridgehead atoms. The summed E-state index contributed by atoms with van der Waals surface area (Å²) in [6.07, 6.45) is 0. The molecule has 9 aromatic carbocycles. The maximum Gasteiger partial charge on any atom is 0.198 e. The molecule has 1 aliphatic heterocycles. The molecule has 0 saturated heterocycles. The number of nitrogens with one attached hydrogen (secondary N) is 1. The number of fused-ring (bicyclic) bond motifs is 9. The Morgan fingerprint density at radius 1 is 0.464 bits per heavy atom. The van der Waals surface area contributed by atoms with Gasteiger partial charge >= 0.3 is 0 Å². The molecule has 1 aliphatic rings. The molecule has 4 heteroatoms. The zero-order valence-electron chi connectivity index (χ0n) is 30.5. The molecule has 3 heterocycles. The van der Waals surface area contributed by atoms with Crippen LogP contribution in [0.3, 0.4) is 0 Å². The minimum Gasteiger partial charge on any atom is -0.354 e. The third-order valence-corrected chi connectivity index (χ3v) is 13.0. The predicted octanol–water partition coefficient (Wildman–Crippen LogP) is 13.0. The van der Waals surface area contributed by atoms with Gasteiger partial charge in [-0.15, -0.1) is 11.3 Å². The van der Waals surface area contributed by atoms with Crippen LogP contribution in [0.15, 0.2) is 188 Å². The lowest BCUT2D eigenvalue weighted by Gasteiger charge is -2.35. The monoisotopic (exact) mass is 728 g/mol. The van der Waals surface area contributed by atoms with E-state index in [0.717, 1.165) is 13.0 Å². The van der Waals surface area contributed by atoms with Crippen LogP contribution in [0, 0.1) is 0 Å². The van der Waals surface area contributed by atoms with E-state index in [2.05, 4.69) is 198 Å². The zero-order chi connectivity index (χ0) is 36.7. The first-order valence-corrected chi connectivity index (χ1v) is 20.1. The normalized spacial score (nSPS) is 12.4. The summed E-state index contributed by atoms with van der Waals surface area (Å²) in [6.45, 7) is 0. The second-order valence-electron chi connectivity index (χ2n) is 15.0. The van der Waals surface area contributed by atoms with Gasteiger partial charge in [-0.3, -0.25) is 0 Å². The largest absolute Gasteiger partial charge is 0.354 e. The quantitative estimate of drug-likeness (QED) is 0.179. The lowest BCUT2D eigenvalue weighted by molar-refractivity contribution is 1.30. The van der Waals surface area contributed by atoms with Gasteiger partial charge in [0.25, 0.3) is 0 Å². The van der Waals surface area contributed by atoms with Crippen molar-refractivity contribution < 1.29 is 0 Å². The first-order chi connectivity index (χ1) is 27.7. The van der Waals surface area contributed by atoms with Gasteiger partial charge in [0.2, 0.25) is 0 Å². The van der Waals surface area contributed by atoms with E-state index in [9.17, 15) is 0 Å². The van der Waals surface area contributed by atoms with Gasteiger partial charge in [0.1, 0.15) is 0 Å². The summed E-state index contributed by atoms with van der Waals surface area (Å²) in [5.41, 5.74) is 16.1. The highest BCUT2D eigenvalue weighted by Gasteiger charge is 2.31. The van der Waals surface area contributed by atoms with E-state index < -0.39 is 0 Å². The SMILES string of the molecule is B1c2cc(-c3ccccc3)ccc2N(c2ccc(-c3ccccc3)cc2)c2cc3c(sc4ccccc43)c(-c3cccc4c3[nH]c3cc5ccccc5cc34)c21. The van der Waals surface area contributed by atoms with Crippen molar-refractivity contribution in [1.82, 2.24) is 4.98 Å². The standard InChI is InChI=1S/C52H33BN2S/c1-3-12-32(13-4-1)34-22-25-38(26-23-34)55-46-27-24-37(33-14-5-2-6-15-33)29-44(46)53-50-47(55)31-43-39-18-9-10-21-48(39)56-52(43)49(50)41-20-11-19-40-42-28-35-16-7-8-17-36(35)30-45(42)54-51(40)41/h1-31,53-54H. The predicted molar refractivity (Wildman–Crippen MR) is 244 cm³/mol. The molecule has 0 aliphatic carbocycles. The van der Waals surface area contributed by atoms with Gasteiger partial charge in [0.05, 0.1) is 5.52 Å². The lowest BCUT2D eigenvalue weighted by Crippen LogP contribution is -2.41. The number of benzene rings is 9. The number of thiophene rings is 1. The van der Waals surface area contributed by atoms with Crippen molar-refractivity contribution in [3.8, 4) is 33.4 Å². The second kappa shape index (κ2) is 12.3. The Labute approximate surface area is 329 Å². The van der Waals surface area contributed by atoms with Crippen molar-refractivity contribution in [2.45, 2.75) is 0 Å². The van der Waals surface area contributed by atoms with Gasteiger partial charge in [0, 0.05) is 59.1 Å². The maximum absolute atomic E-state index is 3.95. The molecule has 56 heavy (non-hydrogen) atoms. The molecule has 12 rings (SSSR count). The number of aromatic amines is 1. The number of para-hydroxylation sites is 1. The van der Waals surface area contributed by atoms with E-state index >= 15 is 0 Å². The van der Waals surface area contributed by atoms with Crippen LogP contribution in [0.1, 0.15) is 0 Å². The molecule has 0 atom stereocenters. The average molecular weight is 729 g/mol. The molecule has 0 amide bonds. The van der Waals surface area contributed by atoms with Gasteiger partial charge in [-0.2, -0.15) is 0 Å².